The van der Waals surface area contributed by atoms with E-state index in [0.29, 0.717) is 22.7 Å². The molecule has 2 amide bonds. The van der Waals surface area contributed by atoms with Crippen molar-refractivity contribution in [3.63, 3.8) is 0 Å². The van der Waals surface area contributed by atoms with Crippen LogP contribution < -0.4 is 10.6 Å². The van der Waals surface area contributed by atoms with Gasteiger partial charge in [0.2, 0.25) is 0 Å². The maximum Gasteiger partial charge on any atom is 0.324 e. The number of hydrogen-bond acceptors (Lipinski definition) is 4. The fourth-order valence-electron chi connectivity index (χ4n) is 1.65. The van der Waals surface area contributed by atoms with Crippen LogP contribution >= 0.6 is 0 Å². The van der Waals surface area contributed by atoms with Crippen molar-refractivity contribution >= 4 is 28.7 Å². The molecular weight excluding hydrogens is 244 g/mol. The summed E-state index contributed by atoms with van der Waals surface area (Å²) in [5, 5.41) is 5.35. The van der Waals surface area contributed by atoms with E-state index in [4.69, 9.17) is 0 Å². The Bertz CT molecular complexity index is 708. The molecule has 0 unspecified atom stereocenters. The Hall–Kier alpha value is -2.96. The molecule has 3 aromatic rings. The number of rotatable bonds is 2. The molecular formula is C12H10N6O. The van der Waals surface area contributed by atoms with Gasteiger partial charge in [-0.15, -0.1) is 0 Å². The zero-order valence-corrected chi connectivity index (χ0v) is 9.79. The molecule has 19 heavy (non-hydrogen) atoms. The third-order valence-corrected chi connectivity index (χ3v) is 2.49. The second-order valence-corrected chi connectivity index (χ2v) is 3.77. The molecule has 0 bridgehead atoms. The lowest BCUT2D eigenvalue weighted by Crippen LogP contribution is -2.20. The Morgan fingerprint density at radius 3 is 2.74 bits per heavy atom. The van der Waals surface area contributed by atoms with Crippen molar-refractivity contribution in [2.24, 2.45) is 0 Å². The van der Waals surface area contributed by atoms with Gasteiger partial charge in [0, 0.05) is 5.69 Å². The molecule has 94 valence electrons. The molecule has 3 N–H and O–H groups in total. The molecule has 0 spiro atoms. The van der Waals surface area contributed by atoms with Crippen LogP contribution in [0.4, 0.5) is 16.3 Å². The van der Waals surface area contributed by atoms with Gasteiger partial charge in [-0.25, -0.2) is 19.7 Å². The predicted molar refractivity (Wildman–Crippen MR) is 70.8 cm³/mol. The van der Waals surface area contributed by atoms with Crippen LogP contribution in [0.1, 0.15) is 0 Å². The highest BCUT2D eigenvalue weighted by atomic mass is 16.2. The number of aromatic amines is 1. The van der Waals surface area contributed by atoms with Crippen LogP contribution in [0.2, 0.25) is 0 Å². The number of nitrogens with zero attached hydrogens (tertiary/aromatic N) is 3. The number of nitrogens with one attached hydrogen (secondary N) is 3. The van der Waals surface area contributed by atoms with Gasteiger partial charge in [-0.05, 0) is 12.1 Å². The topological polar surface area (TPSA) is 95.6 Å². The van der Waals surface area contributed by atoms with E-state index in [0.717, 1.165) is 0 Å². The van der Waals surface area contributed by atoms with E-state index in [-0.39, 0.29) is 6.03 Å². The van der Waals surface area contributed by atoms with Gasteiger partial charge in [0.1, 0.15) is 11.8 Å². The SMILES string of the molecule is O=C(Nc1ccccc1)Nc1ncnc2nc[nH]c12. The average molecular weight is 254 g/mol. The Balaban J connectivity index is 1.78. The van der Waals surface area contributed by atoms with Crippen molar-refractivity contribution in [1.29, 1.82) is 0 Å². The summed E-state index contributed by atoms with van der Waals surface area (Å²) in [7, 11) is 0. The minimum Gasteiger partial charge on any atom is -0.340 e. The maximum atomic E-state index is 11.8. The van der Waals surface area contributed by atoms with Crippen LogP contribution in [-0.2, 0) is 0 Å². The summed E-state index contributed by atoms with van der Waals surface area (Å²) in [6.07, 6.45) is 2.85. The highest BCUT2D eigenvalue weighted by Crippen LogP contribution is 2.14. The Morgan fingerprint density at radius 1 is 1.05 bits per heavy atom. The van der Waals surface area contributed by atoms with Crippen molar-refractivity contribution < 1.29 is 4.79 Å². The first-order valence-electron chi connectivity index (χ1n) is 5.60. The number of para-hydroxylation sites is 1. The van der Waals surface area contributed by atoms with E-state index in [1.807, 2.05) is 18.2 Å². The van der Waals surface area contributed by atoms with Crippen molar-refractivity contribution in [3.8, 4) is 0 Å². The second-order valence-electron chi connectivity index (χ2n) is 3.77. The summed E-state index contributed by atoms with van der Waals surface area (Å²) < 4.78 is 0. The fourth-order valence-corrected chi connectivity index (χ4v) is 1.65. The molecule has 0 saturated carbocycles. The number of hydrogen-bond donors (Lipinski definition) is 3. The van der Waals surface area contributed by atoms with Crippen LogP contribution in [0.25, 0.3) is 11.2 Å². The predicted octanol–water partition coefficient (Wildman–Crippen LogP) is 2.00. The van der Waals surface area contributed by atoms with E-state index in [2.05, 4.69) is 30.6 Å². The van der Waals surface area contributed by atoms with Gasteiger partial charge in [-0.2, -0.15) is 0 Å². The lowest BCUT2D eigenvalue weighted by molar-refractivity contribution is 0.262. The number of carbonyl (C=O) groups excluding carboxylic acids is 1. The Kier molecular flexibility index (Phi) is 2.77. The molecule has 7 heteroatoms. The van der Waals surface area contributed by atoms with Gasteiger partial charge < -0.3 is 10.3 Å². The number of benzene rings is 1. The zero-order chi connectivity index (χ0) is 13.1. The summed E-state index contributed by atoms with van der Waals surface area (Å²) in [6, 6.07) is 8.78. The van der Waals surface area contributed by atoms with Gasteiger partial charge in [-0.3, -0.25) is 5.32 Å². The van der Waals surface area contributed by atoms with Gasteiger partial charge in [0.25, 0.3) is 0 Å². The number of anilines is 2. The zero-order valence-electron chi connectivity index (χ0n) is 9.79. The molecule has 0 radical (unpaired) electrons. The number of fused-ring (bicyclic) bond motifs is 1. The third-order valence-electron chi connectivity index (χ3n) is 2.49. The summed E-state index contributed by atoms with van der Waals surface area (Å²) in [5.74, 6) is 0.385. The quantitative estimate of drug-likeness (QED) is 0.651. The van der Waals surface area contributed by atoms with Gasteiger partial charge >= 0.3 is 6.03 Å². The standard InChI is InChI=1S/C12H10N6O/c19-12(17-8-4-2-1-3-5-8)18-11-9-10(14-6-13-9)15-7-16-11/h1-7H,(H3,13,14,15,16,17,18,19). The molecule has 0 aliphatic rings. The van der Waals surface area contributed by atoms with Crippen molar-refractivity contribution in [2.75, 3.05) is 10.6 Å². The van der Waals surface area contributed by atoms with E-state index >= 15 is 0 Å². The van der Waals surface area contributed by atoms with Crippen molar-refractivity contribution in [3.05, 3.63) is 43.0 Å². The molecule has 0 saturated heterocycles. The molecule has 7 nitrogen and oxygen atoms in total. The summed E-state index contributed by atoms with van der Waals surface area (Å²) in [4.78, 5) is 26.7. The van der Waals surface area contributed by atoms with E-state index < -0.39 is 0 Å². The Morgan fingerprint density at radius 2 is 1.89 bits per heavy atom. The number of imidazole rings is 1. The summed E-state index contributed by atoms with van der Waals surface area (Å²) in [5.41, 5.74) is 1.80. The van der Waals surface area contributed by atoms with Crippen LogP contribution in [0.5, 0.6) is 0 Å². The largest absolute Gasteiger partial charge is 0.340 e. The first-order chi connectivity index (χ1) is 9.33. The molecule has 0 aliphatic heterocycles. The molecule has 0 aliphatic carbocycles. The minimum absolute atomic E-state index is 0.374. The van der Waals surface area contributed by atoms with E-state index in [1.165, 1.54) is 12.7 Å². The van der Waals surface area contributed by atoms with Crippen LogP contribution in [0, 0.1) is 0 Å². The summed E-state index contributed by atoms with van der Waals surface area (Å²) in [6.45, 7) is 0. The first kappa shape index (κ1) is 11.1. The van der Waals surface area contributed by atoms with E-state index in [1.54, 1.807) is 12.1 Å². The summed E-state index contributed by atoms with van der Waals surface area (Å²) >= 11 is 0. The molecule has 2 aromatic heterocycles. The fraction of sp³-hybridized carbons (Fsp3) is 0. The third kappa shape index (κ3) is 2.34. The van der Waals surface area contributed by atoms with Crippen molar-refractivity contribution in [1.82, 2.24) is 19.9 Å². The van der Waals surface area contributed by atoms with Crippen LogP contribution in [-0.4, -0.2) is 26.0 Å². The molecule has 1 aromatic carbocycles. The monoisotopic (exact) mass is 254 g/mol. The highest BCUT2D eigenvalue weighted by Gasteiger charge is 2.09. The Labute approximate surface area is 108 Å². The first-order valence-corrected chi connectivity index (χ1v) is 5.60. The molecule has 3 rings (SSSR count). The normalized spacial score (nSPS) is 10.3. The maximum absolute atomic E-state index is 11.8. The van der Waals surface area contributed by atoms with Crippen molar-refractivity contribution in [2.45, 2.75) is 0 Å². The lowest BCUT2D eigenvalue weighted by atomic mass is 10.3. The van der Waals surface area contributed by atoms with Gasteiger partial charge in [0.15, 0.2) is 11.5 Å². The number of carbonyl (C=O) groups is 1. The molecule has 2 heterocycles. The average Bonchev–Trinajstić information content (AvgIpc) is 2.89. The second kappa shape index (κ2) is 4.73. The molecule has 0 fully saturated rings. The molecule has 0 atom stereocenters. The minimum atomic E-state index is -0.374. The van der Waals surface area contributed by atoms with Crippen LogP contribution in [0.3, 0.4) is 0 Å². The number of urea groups is 1. The van der Waals surface area contributed by atoms with Crippen LogP contribution in [0.15, 0.2) is 43.0 Å². The number of H-pyrrole nitrogens is 1. The highest BCUT2D eigenvalue weighted by molar-refractivity contribution is 6.02. The van der Waals surface area contributed by atoms with E-state index in [9.17, 15) is 4.79 Å². The van der Waals surface area contributed by atoms with Gasteiger partial charge in [0.05, 0.1) is 6.33 Å². The van der Waals surface area contributed by atoms with Gasteiger partial charge in [-0.1, -0.05) is 18.2 Å². The number of amides is 2. The smallest absolute Gasteiger partial charge is 0.324 e. The number of aromatic nitrogens is 4. The lowest BCUT2D eigenvalue weighted by Gasteiger charge is -2.06.